The lowest BCUT2D eigenvalue weighted by molar-refractivity contribution is 1.03. The van der Waals surface area contributed by atoms with E-state index in [2.05, 4.69) is 38.2 Å². The van der Waals surface area contributed by atoms with Crippen molar-refractivity contribution in [2.45, 2.75) is 30.3 Å². The molecule has 0 spiro atoms. The predicted molar refractivity (Wildman–Crippen MR) is 87.1 cm³/mol. The number of hydrogen-bond donors (Lipinski definition) is 1. The van der Waals surface area contributed by atoms with Crippen LogP contribution in [0.2, 0.25) is 0 Å². The number of fused-ring (bicyclic) bond motifs is 1. The molecule has 0 atom stereocenters. The quantitative estimate of drug-likeness (QED) is 0.725. The summed E-state index contributed by atoms with van der Waals surface area (Å²) in [5.41, 5.74) is 0. The lowest BCUT2D eigenvalue weighted by Gasteiger charge is -2.05. The summed E-state index contributed by atoms with van der Waals surface area (Å²) in [5, 5.41) is 6.04. The second-order valence-electron chi connectivity index (χ2n) is 4.31. The lowest BCUT2D eigenvalue weighted by Crippen LogP contribution is -2.02. The molecule has 0 fully saturated rings. The van der Waals surface area contributed by atoms with E-state index >= 15 is 0 Å². The molecule has 21 heavy (non-hydrogen) atoms. The SMILES string of the molecule is CCNc1nc(Sc2cnccn2)c2cc(CC)sc2n1. The summed E-state index contributed by atoms with van der Waals surface area (Å²) in [6.45, 7) is 4.99. The van der Waals surface area contributed by atoms with E-state index in [-0.39, 0.29) is 0 Å². The first-order valence-corrected chi connectivity index (χ1v) is 8.41. The van der Waals surface area contributed by atoms with Gasteiger partial charge in [0.2, 0.25) is 5.95 Å². The topological polar surface area (TPSA) is 63.6 Å². The van der Waals surface area contributed by atoms with Gasteiger partial charge < -0.3 is 5.32 Å². The summed E-state index contributed by atoms with van der Waals surface area (Å²) >= 11 is 3.24. The Morgan fingerprint density at radius 2 is 2.14 bits per heavy atom. The number of anilines is 1. The van der Waals surface area contributed by atoms with Crippen LogP contribution in [-0.4, -0.2) is 26.5 Å². The monoisotopic (exact) mass is 317 g/mol. The highest BCUT2D eigenvalue weighted by molar-refractivity contribution is 7.99. The zero-order valence-corrected chi connectivity index (χ0v) is 13.5. The van der Waals surface area contributed by atoms with Crippen LogP contribution in [0, 0.1) is 0 Å². The minimum Gasteiger partial charge on any atom is -0.354 e. The molecule has 3 heterocycles. The Kier molecular flexibility index (Phi) is 4.31. The van der Waals surface area contributed by atoms with Crippen molar-refractivity contribution >= 4 is 39.3 Å². The summed E-state index contributed by atoms with van der Waals surface area (Å²) in [6.07, 6.45) is 6.12. The maximum Gasteiger partial charge on any atom is 0.225 e. The van der Waals surface area contributed by atoms with E-state index in [1.165, 1.54) is 16.6 Å². The van der Waals surface area contributed by atoms with E-state index in [1.807, 2.05) is 6.92 Å². The molecule has 108 valence electrons. The molecular weight excluding hydrogens is 302 g/mol. The smallest absolute Gasteiger partial charge is 0.225 e. The number of nitrogens with zero attached hydrogens (tertiary/aromatic N) is 4. The zero-order valence-electron chi connectivity index (χ0n) is 11.8. The van der Waals surface area contributed by atoms with Gasteiger partial charge in [0.05, 0.1) is 6.20 Å². The molecule has 0 amide bonds. The molecule has 0 aromatic carbocycles. The predicted octanol–water partition coefficient (Wildman–Crippen LogP) is 3.63. The summed E-state index contributed by atoms with van der Waals surface area (Å²) < 4.78 is 0. The van der Waals surface area contributed by atoms with Gasteiger partial charge in [-0.2, -0.15) is 0 Å². The number of rotatable bonds is 5. The summed E-state index contributed by atoms with van der Waals surface area (Å²) in [5.74, 6) is 0.667. The average molecular weight is 317 g/mol. The first kappa shape index (κ1) is 14.2. The van der Waals surface area contributed by atoms with Crippen LogP contribution < -0.4 is 5.32 Å². The molecule has 3 aromatic heterocycles. The molecule has 0 aliphatic heterocycles. The molecule has 0 saturated heterocycles. The van der Waals surface area contributed by atoms with Crippen LogP contribution in [0.3, 0.4) is 0 Å². The largest absolute Gasteiger partial charge is 0.354 e. The fourth-order valence-electron chi connectivity index (χ4n) is 1.87. The van der Waals surface area contributed by atoms with Gasteiger partial charge in [-0.05, 0) is 31.2 Å². The van der Waals surface area contributed by atoms with Crippen LogP contribution >= 0.6 is 23.1 Å². The van der Waals surface area contributed by atoms with E-state index in [1.54, 1.807) is 29.9 Å². The van der Waals surface area contributed by atoms with E-state index in [0.717, 1.165) is 33.2 Å². The minimum atomic E-state index is 0.667. The highest BCUT2D eigenvalue weighted by atomic mass is 32.2. The second-order valence-corrected chi connectivity index (χ2v) is 6.44. The Morgan fingerprint density at radius 1 is 1.24 bits per heavy atom. The van der Waals surface area contributed by atoms with Gasteiger partial charge in [-0.25, -0.2) is 15.0 Å². The van der Waals surface area contributed by atoms with Crippen molar-refractivity contribution < 1.29 is 0 Å². The van der Waals surface area contributed by atoms with Gasteiger partial charge in [0, 0.05) is 29.2 Å². The fraction of sp³-hybridized carbons (Fsp3) is 0.286. The standard InChI is InChI=1S/C14H15N5S2/c1-3-9-7-10-12(20-9)18-14(16-4-2)19-13(10)21-11-8-15-5-6-17-11/h5-8H,3-4H2,1-2H3,(H,16,18,19). The van der Waals surface area contributed by atoms with Crippen LogP contribution in [0.25, 0.3) is 10.2 Å². The van der Waals surface area contributed by atoms with E-state index < -0.39 is 0 Å². The first-order chi connectivity index (χ1) is 10.3. The molecule has 3 aromatic rings. The van der Waals surface area contributed by atoms with Gasteiger partial charge in [0.15, 0.2) is 0 Å². The van der Waals surface area contributed by atoms with E-state index in [4.69, 9.17) is 0 Å². The Hall–Kier alpha value is -1.73. The van der Waals surface area contributed by atoms with Crippen molar-refractivity contribution in [1.29, 1.82) is 0 Å². The maximum absolute atomic E-state index is 4.61. The van der Waals surface area contributed by atoms with Crippen molar-refractivity contribution in [3.8, 4) is 0 Å². The highest BCUT2D eigenvalue weighted by Gasteiger charge is 2.13. The Labute approximate surface area is 131 Å². The van der Waals surface area contributed by atoms with Crippen molar-refractivity contribution in [3.05, 3.63) is 29.5 Å². The molecule has 0 saturated carbocycles. The van der Waals surface area contributed by atoms with Crippen LogP contribution in [0.1, 0.15) is 18.7 Å². The lowest BCUT2D eigenvalue weighted by atomic mass is 10.3. The zero-order chi connectivity index (χ0) is 14.7. The van der Waals surface area contributed by atoms with Gasteiger partial charge in [-0.1, -0.05) is 6.92 Å². The summed E-state index contributed by atoms with van der Waals surface area (Å²) in [7, 11) is 0. The molecule has 7 heteroatoms. The van der Waals surface area contributed by atoms with Crippen LogP contribution in [0.4, 0.5) is 5.95 Å². The summed E-state index contributed by atoms with van der Waals surface area (Å²) in [4.78, 5) is 19.9. The van der Waals surface area contributed by atoms with Crippen LogP contribution in [-0.2, 0) is 6.42 Å². The molecule has 0 bridgehead atoms. The molecular formula is C14H15N5S2. The first-order valence-electron chi connectivity index (χ1n) is 6.78. The third kappa shape index (κ3) is 3.14. The molecule has 0 unspecified atom stereocenters. The third-order valence-electron chi connectivity index (χ3n) is 2.83. The van der Waals surface area contributed by atoms with E-state index in [0.29, 0.717) is 5.95 Å². The number of thiophene rings is 1. The van der Waals surface area contributed by atoms with Crippen molar-refractivity contribution in [2.75, 3.05) is 11.9 Å². The van der Waals surface area contributed by atoms with Gasteiger partial charge >= 0.3 is 0 Å². The Bertz CT molecular complexity index is 742. The summed E-state index contributed by atoms with van der Waals surface area (Å²) in [6, 6.07) is 2.18. The molecule has 3 rings (SSSR count). The number of aromatic nitrogens is 4. The van der Waals surface area contributed by atoms with Crippen molar-refractivity contribution in [2.24, 2.45) is 0 Å². The van der Waals surface area contributed by atoms with Gasteiger partial charge in [-0.3, -0.25) is 4.98 Å². The second kappa shape index (κ2) is 6.36. The molecule has 0 aliphatic rings. The van der Waals surface area contributed by atoms with Gasteiger partial charge in [0.1, 0.15) is 14.9 Å². The molecule has 1 N–H and O–H groups in total. The normalized spacial score (nSPS) is 11.0. The number of hydrogen-bond acceptors (Lipinski definition) is 7. The molecule has 0 radical (unpaired) electrons. The highest BCUT2D eigenvalue weighted by Crippen LogP contribution is 2.35. The third-order valence-corrected chi connectivity index (χ3v) is 4.93. The molecule has 0 aliphatic carbocycles. The Balaban J connectivity index is 2.07. The van der Waals surface area contributed by atoms with Crippen LogP contribution in [0.5, 0.6) is 0 Å². The maximum atomic E-state index is 4.61. The van der Waals surface area contributed by atoms with Crippen molar-refractivity contribution in [3.63, 3.8) is 0 Å². The Morgan fingerprint density at radius 3 is 2.86 bits per heavy atom. The van der Waals surface area contributed by atoms with Gasteiger partial charge in [0.25, 0.3) is 0 Å². The van der Waals surface area contributed by atoms with Gasteiger partial charge in [-0.15, -0.1) is 11.3 Å². The average Bonchev–Trinajstić information content (AvgIpc) is 2.92. The molecule has 5 nitrogen and oxygen atoms in total. The number of aryl methyl sites for hydroxylation is 1. The van der Waals surface area contributed by atoms with Crippen molar-refractivity contribution in [1.82, 2.24) is 19.9 Å². The fourth-order valence-corrected chi connectivity index (χ4v) is 3.73. The van der Waals surface area contributed by atoms with E-state index in [9.17, 15) is 0 Å². The minimum absolute atomic E-state index is 0.667. The van der Waals surface area contributed by atoms with Crippen LogP contribution in [0.15, 0.2) is 34.7 Å². The number of nitrogens with one attached hydrogen (secondary N) is 1.